The molecule has 29 heavy (non-hydrogen) atoms. The van der Waals surface area contributed by atoms with Crippen LogP contribution in [0.25, 0.3) is 17.0 Å². The van der Waals surface area contributed by atoms with Crippen LogP contribution in [0.2, 0.25) is 0 Å². The lowest BCUT2D eigenvalue weighted by Crippen LogP contribution is -2.34. The molecule has 148 valence electrons. The summed E-state index contributed by atoms with van der Waals surface area (Å²) < 4.78 is 5.22. The van der Waals surface area contributed by atoms with Gasteiger partial charge >= 0.3 is 0 Å². The highest BCUT2D eigenvalue weighted by molar-refractivity contribution is 6.01. The van der Waals surface area contributed by atoms with Crippen molar-refractivity contribution in [2.24, 2.45) is 5.10 Å². The third kappa shape index (κ3) is 5.10. The number of amides is 2. The smallest absolute Gasteiger partial charge is 0.259 e. The Bertz CT molecular complexity index is 1080. The van der Waals surface area contributed by atoms with Crippen molar-refractivity contribution in [3.8, 4) is 5.75 Å². The van der Waals surface area contributed by atoms with Gasteiger partial charge in [-0.25, -0.2) is 5.43 Å². The first-order valence-corrected chi connectivity index (χ1v) is 9.06. The van der Waals surface area contributed by atoms with Crippen molar-refractivity contribution in [2.75, 3.05) is 13.7 Å². The number of methoxy groups -OCH3 is 1. The van der Waals surface area contributed by atoms with Crippen LogP contribution in [-0.2, 0) is 9.59 Å². The molecule has 0 fully saturated rings. The number of hydrogen-bond acceptors (Lipinski definition) is 4. The van der Waals surface area contributed by atoms with E-state index in [2.05, 4.69) is 20.8 Å². The summed E-state index contributed by atoms with van der Waals surface area (Å²) in [6, 6.07) is 15.2. The number of ether oxygens (including phenoxy) is 1. The molecule has 0 saturated heterocycles. The van der Waals surface area contributed by atoms with Gasteiger partial charge in [-0.2, -0.15) is 5.10 Å². The number of nitrogens with zero attached hydrogens (tertiary/aromatic N) is 1. The molecule has 0 spiro atoms. The number of H-pyrrole nitrogens is 1. The van der Waals surface area contributed by atoms with Gasteiger partial charge in [-0.15, -0.1) is 0 Å². The Balaban J connectivity index is 1.50. The number of aromatic nitrogens is 1. The monoisotopic (exact) mass is 390 g/mol. The number of aromatic amines is 1. The minimum atomic E-state index is -0.419. The van der Waals surface area contributed by atoms with E-state index in [4.69, 9.17) is 4.74 Å². The highest BCUT2D eigenvalue weighted by Crippen LogP contribution is 2.20. The molecule has 7 nitrogen and oxygen atoms in total. The number of nitrogens with one attached hydrogen (secondary N) is 3. The van der Waals surface area contributed by atoms with Crippen molar-refractivity contribution in [2.45, 2.75) is 6.92 Å². The summed E-state index contributed by atoms with van der Waals surface area (Å²) in [7, 11) is 1.56. The maximum Gasteiger partial charge on any atom is 0.259 e. The summed E-state index contributed by atoms with van der Waals surface area (Å²) >= 11 is 0. The third-order valence-corrected chi connectivity index (χ3v) is 4.30. The molecular formula is C22H22N4O3. The molecule has 2 amide bonds. The van der Waals surface area contributed by atoms with Crippen LogP contribution in [0, 0.1) is 6.92 Å². The predicted octanol–water partition coefficient (Wildman–Crippen LogP) is 2.76. The molecule has 1 heterocycles. The van der Waals surface area contributed by atoms with Crippen molar-refractivity contribution in [3.63, 3.8) is 0 Å². The van der Waals surface area contributed by atoms with Gasteiger partial charge in [-0.3, -0.25) is 9.59 Å². The number of rotatable bonds is 7. The molecule has 0 bridgehead atoms. The van der Waals surface area contributed by atoms with Gasteiger partial charge in [0.05, 0.1) is 19.9 Å². The fraction of sp³-hybridized carbons (Fsp3) is 0.136. The molecule has 3 aromatic rings. The summed E-state index contributed by atoms with van der Waals surface area (Å²) in [5.74, 6) is -0.142. The summed E-state index contributed by atoms with van der Waals surface area (Å²) in [5, 5.41) is 7.53. The zero-order valence-corrected chi connectivity index (χ0v) is 16.2. The van der Waals surface area contributed by atoms with Crippen molar-refractivity contribution in [1.29, 1.82) is 0 Å². The van der Waals surface area contributed by atoms with Gasteiger partial charge in [0.15, 0.2) is 0 Å². The Kier molecular flexibility index (Phi) is 6.42. The molecule has 0 atom stereocenters. The first-order chi connectivity index (χ1) is 14.1. The molecule has 0 aliphatic carbocycles. The Morgan fingerprint density at radius 2 is 1.90 bits per heavy atom. The SMILES string of the molecule is COc1ccccc1C=CC(=O)NCC(=O)N/N=C/c1c(C)[nH]c2ccccc12. The summed E-state index contributed by atoms with van der Waals surface area (Å²) in [5.41, 5.74) is 6.06. The highest BCUT2D eigenvalue weighted by Gasteiger charge is 2.06. The fourth-order valence-corrected chi connectivity index (χ4v) is 2.87. The van der Waals surface area contributed by atoms with Gasteiger partial charge in [0.2, 0.25) is 5.91 Å². The van der Waals surface area contributed by atoms with E-state index in [0.29, 0.717) is 5.75 Å². The lowest BCUT2D eigenvalue weighted by atomic mass is 10.1. The van der Waals surface area contributed by atoms with E-state index in [-0.39, 0.29) is 12.5 Å². The van der Waals surface area contributed by atoms with E-state index in [1.54, 1.807) is 25.5 Å². The molecule has 0 aliphatic heterocycles. The molecule has 3 N–H and O–H groups in total. The van der Waals surface area contributed by atoms with Gasteiger partial charge in [0, 0.05) is 33.8 Å². The van der Waals surface area contributed by atoms with Crippen molar-refractivity contribution in [3.05, 3.63) is 71.4 Å². The Labute approximate surface area is 168 Å². The van der Waals surface area contributed by atoms with Crippen LogP contribution in [-0.4, -0.2) is 36.7 Å². The fourth-order valence-electron chi connectivity index (χ4n) is 2.87. The normalized spacial score (nSPS) is 11.2. The molecule has 0 radical (unpaired) electrons. The molecule has 2 aromatic carbocycles. The standard InChI is InChI=1S/C22H22N4O3/c1-15-18(17-8-4-5-9-19(17)25-15)13-24-26-22(28)14-23-21(27)12-11-16-7-3-6-10-20(16)29-2/h3-13,25H,14H2,1-2H3,(H,23,27)(H,26,28)/b12-11?,24-13+. The van der Waals surface area contributed by atoms with Crippen molar-refractivity contribution >= 4 is 35.0 Å². The van der Waals surface area contributed by atoms with Crippen LogP contribution in [0.5, 0.6) is 5.75 Å². The summed E-state index contributed by atoms with van der Waals surface area (Å²) in [6.07, 6.45) is 4.57. The zero-order valence-electron chi connectivity index (χ0n) is 16.2. The van der Waals surface area contributed by atoms with Gasteiger partial charge < -0.3 is 15.0 Å². The zero-order chi connectivity index (χ0) is 20.6. The van der Waals surface area contributed by atoms with Crippen LogP contribution < -0.4 is 15.5 Å². The molecule has 0 aliphatic rings. The largest absolute Gasteiger partial charge is 0.496 e. The van der Waals surface area contributed by atoms with Crippen molar-refractivity contribution < 1.29 is 14.3 Å². The maximum absolute atomic E-state index is 11.9. The number of benzene rings is 2. The number of carbonyl (C=O) groups excluding carboxylic acids is 2. The van der Waals surface area contributed by atoms with Crippen LogP contribution in [0.1, 0.15) is 16.8 Å². The Morgan fingerprint density at radius 1 is 1.14 bits per heavy atom. The topological polar surface area (TPSA) is 95.6 Å². The van der Waals surface area contributed by atoms with Gasteiger partial charge in [-0.05, 0) is 25.1 Å². The maximum atomic E-state index is 11.9. The van der Waals surface area contributed by atoms with Crippen LogP contribution >= 0.6 is 0 Å². The van der Waals surface area contributed by atoms with Crippen LogP contribution in [0.4, 0.5) is 0 Å². The predicted molar refractivity (Wildman–Crippen MR) is 114 cm³/mol. The van der Waals surface area contributed by atoms with Crippen LogP contribution in [0.3, 0.4) is 0 Å². The molecule has 0 saturated carbocycles. The van der Waals surface area contributed by atoms with E-state index in [0.717, 1.165) is 27.7 Å². The first kappa shape index (κ1) is 19.9. The molecule has 7 heteroatoms. The lowest BCUT2D eigenvalue weighted by molar-refractivity contribution is -0.123. The second-order valence-electron chi connectivity index (χ2n) is 6.30. The summed E-state index contributed by atoms with van der Waals surface area (Å²) in [6.45, 7) is 1.76. The van der Waals surface area contributed by atoms with E-state index in [9.17, 15) is 9.59 Å². The number of para-hydroxylation sites is 2. The molecule has 1 aromatic heterocycles. The number of carbonyl (C=O) groups is 2. The van der Waals surface area contributed by atoms with Gasteiger partial charge in [-0.1, -0.05) is 36.4 Å². The van der Waals surface area contributed by atoms with Crippen molar-refractivity contribution in [1.82, 2.24) is 15.7 Å². The summed E-state index contributed by atoms with van der Waals surface area (Å²) in [4.78, 5) is 27.1. The number of hydrogen-bond donors (Lipinski definition) is 3. The van der Waals surface area contributed by atoms with E-state index >= 15 is 0 Å². The number of fused-ring (bicyclic) bond motifs is 1. The molecule has 3 rings (SSSR count). The van der Waals surface area contributed by atoms with Gasteiger partial charge in [0.1, 0.15) is 5.75 Å². The number of hydrazone groups is 1. The Hall–Kier alpha value is -3.87. The molecular weight excluding hydrogens is 368 g/mol. The second-order valence-corrected chi connectivity index (χ2v) is 6.30. The van der Waals surface area contributed by atoms with E-state index < -0.39 is 5.91 Å². The molecule has 0 unspecified atom stereocenters. The minimum Gasteiger partial charge on any atom is -0.496 e. The van der Waals surface area contributed by atoms with Crippen LogP contribution in [0.15, 0.2) is 59.7 Å². The van der Waals surface area contributed by atoms with E-state index in [1.807, 2.05) is 49.4 Å². The average molecular weight is 390 g/mol. The first-order valence-electron chi connectivity index (χ1n) is 9.06. The highest BCUT2D eigenvalue weighted by atomic mass is 16.5. The van der Waals surface area contributed by atoms with Gasteiger partial charge in [0.25, 0.3) is 5.91 Å². The lowest BCUT2D eigenvalue weighted by Gasteiger charge is -2.04. The average Bonchev–Trinajstić information content (AvgIpc) is 3.06. The number of aryl methyl sites for hydroxylation is 1. The Morgan fingerprint density at radius 3 is 2.72 bits per heavy atom. The third-order valence-electron chi connectivity index (χ3n) is 4.30. The minimum absolute atomic E-state index is 0.181. The van der Waals surface area contributed by atoms with E-state index in [1.165, 1.54) is 6.08 Å². The quantitative estimate of drug-likeness (QED) is 0.329. The second kappa shape index (κ2) is 9.36.